The van der Waals surface area contributed by atoms with Crippen LogP contribution in [-0.2, 0) is 12.8 Å². The van der Waals surface area contributed by atoms with E-state index >= 15 is 0 Å². The van der Waals surface area contributed by atoms with Gasteiger partial charge in [-0.25, -0.2) is 0 Å². The number of hydrogen-bond donors (Lipinski definition) is 0. The zero-order chi connectivity index (χ0) is 26.3. The number of hydrogen-bond acceptors (Lipinski definition) is 1. The van der Waals surface area contributed by atoms with Crippen molar-refractivity contribution in [2.75, 3.05) is 13.1 Å². The number of nitrogens with zero attached hydrogens (tertiary/aromatic N) is 1. The third kappa shape index (κ3) is 7.50. The number of benzene rings is 2. The Kier molecular flexibility index (Phi) is 9.90. The minimum absolute atomic E-state index is 0.0560. The molecule has 1 nitrogen and oxygen atoms in total. The lowest BCUT2D eigenvalue weighted by Gasteiger charge is -2.40. The van der Waals surface area contributed by atoms with Crippen molar-refractivity contribution in [2.24, 2.45) is 11.8 Å². The lowest BCUT2D eigenvalue weighted by molar-refractivity contribution is -0.231. The average molecular weight is 514 g/mol. The summed E-state index contributed by atoms with van der Waals surface area (Å²) < 4.78 is 82.0. The first-order valence-electron chi connectivity index (χ1n) is 13.0. The largest absolute Gasteiger partial charge is 0.392 e. The van der Waals surface area contributed by atoms with Crippen LogP contribution in [0.25, 0.3) is 0 Å². The van der Waals surface area contributed by atoms with Gasteiger partial charge in [-0.1, -0.05) is 74.9 Å². The van der Waals surface area contributed by atoms with Gasteiger partial charge in [0.05, 0.1) is 11.8 Å². The molecule has 0 saturated heterocycles. The van der Waals surface area contributed by atoms with Crippen LogP contribution in [-0.4, -0.2) is 36.4 Å². The molecule has 3 unspecified atom stereocenters. The molecule has 200 valence electrons. The van der Waals surface area contributed by atoms with Gasteiger partial charge in [0, 0.05) is 18.5 Å². The fourth-order valence-electron chi connectivity index (χ4n) is 5.80. The van der Waals surface area contributed by atoms with Crippen molar-refractivity contribution in [1.29, 1.82) is 0 Å². The van der Waals surface area contributed by atoms with Crippen molar-refractivity contribution in [1.82, 2.24) is 4.90 Å². The first-order valence-corrected chi connectivity index (χ1v) is 13.0. The minimum Gasteiger partial charge on any atom is -0.300 e. The molecule has 3 atom stereocenters. The van der Waals surface area contributed by atoms with Crippen molar-refractivity contribution in [3.63, 3.8) is 0 Å². The number of alkyl halides is 6. The lowest BCUT2D eigenvalue weighted by atomic mass is 9.68. The molecule has 0 aliphatic heterocycles. The Morgan fingerprint density at radius 2 is 1.33 bits per heavy atom. The Bertz CT molecular complexity index is 884. The zero-order valence-corrected chi connectivity index (χ0v) is 21.1. The van der Waals surface area contributed by atoms with Crippen LogP contribution in [0.1, 0.15) is 68.6 Å². The van der Waals surface area contributed by atoms with E-state index in [1.165, 1.54) is 17.7 Å². The van der Waals surface area contributed by atoms with Gasteiger partial charge < -0.3 is 4.90 Å². The van der Waals surface area contributed by atoms with E-state index < -0.39 is 30.1 Å². The molecule has 0 radical (unpaired) electrons. The molecule has 0 aromatic heterocycles. The Morgan fingerprint density at radius 1 is 0.778 bits per heavy atom. The van der Waals surface area contributed by atoms with Crippen LogP contribution in [0.2, 0.25) is 0 Å². The summed E-state index contributed by atoms with van der Waals surface area (Å²) in [6.07, 6.45) is -6.30. The highest BCUT2D eigenvalue weighted by Crippen LogP contribution is 2.53. The number of likely N-dealkylation sites (N-methyl/N-ethyl adjacent to an activating group) is 1. The van der Waals surface area contributed by atoms with Gasteiger partial charge in [0.15, 0.2) is 0 Å². The molecule has 0 spiro atoms. The van der Waals surface area contributed by atoms with E-state index in [1.807, 2.05) is 18.2 Å². The fraction of sp³-hybridized carbons (Fsp3) is 0.586. The molecule has 0 heterocycles. The SMILES string of the molecule is CCC(CCc1ccc(C2C(C(F)(F)F)CCCC2C(F)(F)F)cc1)N(CC)CCc1ccccc1. The monoisotopic (exact) mass is 513 g/mol. The molecule has 2 aromatic carbocycles. The molecule has 2 aromatic rings. The first kappa shape index (κ1) is 28.5. The summed E-state index contributed by atoms with van der Waals surface area (Å²) in [5.74, 6) is -5.50. The number of rotatable bonds is 10. The second-order valence-electron chi connectivity index (χ2n) is 9.96. The highest BCUT2D eigenvalue weighted by Gasteiger charge is 2.56. The van der Waals surface area contributed by atoms with Gasteiger partial charge >= 0.3 is 12.4 Å². The van der Waals surface area contributed by atoms with Crippen molar-refractivity contribution in [2.45, 2.75) is 83.1 Å². The zero-order valence-electron chi connectivity index (χ0n) is 21.1. The van der Waals surface area contributed by atoms with E-state index in [0.717, 1.165) is 44.3 Å². The van der Waals surface area contributed by atoms with Crippen molar-refractivity contribution in [3.05, 3.63) is 71.3 Å². The van der Waals surface area contributed by atoms with Crippen LogP contribution in [0.5, 0.6) is 0 Å². The highest BCUT2D eigenvalue weighted by molar-refractivity contribution is 5.28. The van der Waals surface area contributed by atoms with Crippen LogP contribution in [0.3, 0.4) is 0 Å². The van der Waals surface area contributed by atoms with Gasteiger partial charge in [0.25, 0.3) is 0 Å². The van der Waals surface area contributed by atoms with E-state index in [0.29, 0.717) is 6.04 Å². The molecule has 3 rings (SSSR count). The Labute approximate surface area is 210 Å². The van der Waals surface area contributed by atoms with E-state index in [1.54, 1.807) is 12.1 Å². The molecule has 7 heteroatoms. The second kappa shape index (κ2) is 12.5. The number of halogens is 6. The van der Waals surface area contributed by atoms with Gasteiger partial charge in [-0.15, -0.1) is 0 Å². The van der Waals surface area contributed by atoms with Crippen LogP contribution in [0.15, 0.2) is 54.6 Å². The molecule has 1 aliphatic carbocycles. The Hall–Kier alpha value is -2.02. The summed E-state index contributed by atoms with van der Waals surface area (Å²) in [6, 6.07) is 17.1. The van der Waals surface area contributed by atoms with Crippen molar-refractivity contribution >= 4 is 0 Å². The minimum atomic E-state index is -4.65. The molecule has 0 amide bonds. The summed E-state index contributed by atoms with van der Waals surface area (Å²) in [5, 5.41) is 0. The quantitative estimate of drug-likeness (QED) is 0.288. The third-order valence-corrected chi connectivity index (χ3v) is 7.79. The normalized spacial score (nSPS) is 22.1. The smallest absolute Gasteiger partial charge is 0.300 e. The Morgan fingerprint density at radius 3 is 1.83 bits per heavy atom. The van der Waals surface area contributed by atoms with E-state index in [4.69, 9.17) is 0 Å². The predicted molar refractivity (Wildman–Crippen MR) is 132 cm³/mol. The maximum Gasteiger partial charge on any atom is 0.392 e. The summed E-state index contributed by atoms with van der Waals surface area (Å²) >= 11 is 0. The molecular weight excluding hydrogens is 476 g/mol. The average Bonchev–Trinajstić information content (AvgIpc) is 2.85. The first-order chi connectivity index (χ1) is 17.0. The molecule has 0 bridgehead atoms. The maximum absolute atomic E-state index is 13.7. The molecule has 1 aliphatic rings. The van der Waals surface area contributed by atoms with Crippen LogP contribution >= 0.6 is 0 Å². The van der Waals surface area contributed by atoms with Crippen LogP contribution < -0.4 is 0 Å². The van der Waals surface area contributed by atoms with Gasteiger partial charge in [0.2, 0.25) is 0 Å². The number of aryl methyl sites for hydroxylation is 1. The van der Waals surface area contributed by atoms with Crippen LogP contribution in [0.4, 0.5) is 26.3 Å². The summed E-state index contributed by atoms with van der Waals surface area (Å²) in [7, 11) is 0. The lowest BCUT2D eigenvalue weighted by Crippen LogP contribution is -2.42. The summed E-state index contributed by atoms with van der Waals surface area (Å²) in [4.78, 5) is 2.45. The molecule has 0 N–H and O–H groups in total. The van der Waals surface area contributed by atoms with Crippen molar-refractivity contribution in [3.8, 4) is 0 Å². The van der Waals surface area contributed by atoms with Crippen LogP contribution in [0, 0.1) is 11.8 Å². The second-order valence-corrected chi connectivity index (χ2v) is 9.96. The van der Waals surface area contributed by atoms with Crippen molar-refractivity contribution < 1.29 is 26.3 Å². The maximum atomic E-state index is 13.7. The molecule has 1 fully saturated rings. The molecular formula is C29H37F6N. The fourth-order valence-corrected chi connectivity index (χ4v) is 5.80. The van der Waals surface area contributed by atoms with E-state index in [9.17, 15) is 26.3 Å². The van der Waals surface area contributed by atoms with Gasteiger partial charge in [-0.05, 0) is 61.8 Å². The standard InChI is InChI=1S/C29H37F6N/c1-3-24(36(4-2)20-19-21-9-6-5-7-10-21)18-15-22-13-16-23(17-14-22)27-25(28(30,31)32)11-8-12-26(27)29(33,34)35/h5-7,9-10,13-14,16-17,24-27H,3-4,8,11-12,15,18-20H2,1-2H3. The Balaban J connectivity index is 1.67. The predicted octanol–water partition coefficient (Wildman–Crippen LogP) is 8.59. The summed E-state index contributed by atoms with van der Waals surface area (Å²) in [5.41, 5.74) is 2.38. The van der Waals surface area contributed by atoms with E-state index in [2.05, 4.69) is 30.9 Å². The van der Waals surface area contributed by atoms with Gasteiger partial charge in [-0.2, -0.15) is 26.3 Å². The van der Waals surface area contributed by atoms with Gasteiger partial charge in [-0.3, -0.25) is 0 Å². The van der Waals surface area contributed by atoms with E-state index in [-0.39, 0.29) is 24.8 Å². The topological polar surface area (TPSA) is 3.24 Å². The molecule has 1 saturated carbocycles. The third-order valence-electron chi connectivity index (χ3n) is 7.79. The summed E-state index contributed by atoms with van der Waals surface area (Å²) in [6.45, 7) is 6.15. The van der Waals surface area contributed by atoms with Gasteiger partial charge in [0.1, 0.15) is 0 Å². The molecule has 36 heavy (non-hydrogen) atoms. The highest BCUT2D eigenvalue weighted by atomic mass is 19.4.